The number of rotatable bonds is 8. The molecule has 0 bridgehead atoms. The standard InChI is InChI=1S/C15H19F3N4O5/c1-9(2)8-12(23)19-14(13(24)27-3,15(16,17)18)21-20-10-4-6-11(7-5-10)22(25)26/h4-7,9,20-21H,8H2,1-3H3,(H,19,23). The fourth-order valence-electron chi connectivity index (χ4n) is 2.01. The second kappa shape index (κ2) is 8.66. The van der Waals surface area contributed by atoms with Gasteiger partial charge in [0.1, 0.15) is 0 Å². The van der Waals surface area contributed by atoms with Gasteiger partial charge in [0, 0.05) is 24.2 Å². The minimum atomic E-state index is -5.26. The summed E-state index contributed by atoms with van der Waals surface area (Å²) in [4.78, 5) is 33.8. The molecule has 3 N–H and O–H groups in total. The predicted octanol–water partition coefficient (Wildman–Crippen LogP) is 2.11. The summed E-state index contributed by atoms with van der Waals surface area (Å²) in [5.74, 6) is -3.07. The zero-order valence-corrected chi connectivity index (χ0v) is 14.7. The number of carbonyl (C=O) groups is 2. The van der Waals surface area contributed by atoms with Gasteiger partial charge in [-0.2, -0.15) is 18.6 Å². The summed E-state index contributed by atoms with van der Waals surface area (Å²) in [6.07, 6.45) is -5.52. The highest BCUT2D eigenvalue weighted by atomic mass is 19.4. The molecule has 0 radical (unpaired) electrons. The van der Waals surface area contributed by atoms with Crippen LogP contribution in [0.3, 0.4) is 0 Å². The van der Waals surface area contributed by atoms with Crippen molar-refractivity contribution in [3.63, 3.8) is 0 Å². The minimum absolute atomic E-state index is 0.0174. The first-order valence-corrected chi connectivity index (χ1v) is 7.66. The Morgan fingerprint density at radius 1 is 1.22 bits per heavy atom. The van der Waals surface area contributed by atoms with E-state index in [1.54, 1.807) is 24.6 Å². The summed E-state index contributed by atoms with van der Waals surface area (Å²) < 4.78 is 45.2. The second-order valence-corrected chi connectivity index (χ2v) is 5.94. The van der Waals surface area contributed by atoms with Crippen molar-refractivity contribution in [1.82, 2.24) is 10.7 Å². The van der Waals surface area contributed by atoms with Crippen LogP contribution < -0.4 is 16.2 Å². The Bertz CT molecular complexity index is 694. The molecule has 0 spiro atoms. The molecule has 1 rings (SSSR count). The molecular weight excluding hydrogens is 373 g/mol. The number of non-ortho nitro benzene ring substituents is 1. The van der Waals surface area contributed by atoms with Crippen molar-refractivity contribution in [2.45, 2.75) is 32.1 Å². The molecule has 0 saturated carbocycles. The number of hydrogen-bond donors (Lipinski definition) is 3. The Hall–Kier alpha value is -2.89. The van der Waals surface area contributed by atoms with Crippen LogP contribution in [-0.4, -0.2) is 35.7 Å². The van der Waals surface area contributed by atoms with E-state index in [1.165, 1.54) is 0 Å². The number of carbonyl (C=O) groups excluding carboxylic acids is 2. The van der Waals surface area contributed by atoms with Crippen molar-refractivity contribution >= 4 is 23.3 Å². The minimum Gasteiger partial charge on any atom is -0.466 e. The van der Waals surface area contributed by atoms with Crippen LogP contribution in [0.4, 0.5) is 24.5 Å². The number of nitro groups is 1. The summed E-state index contributed by atoms with van der Waals surface area (Å²) in [6, 6.07) is 4.35. The van der Waals surface area contributed by atoms with E-state index >= 15 is 0 Å². The van der Waals surface area contributed by atoms with E-state index in [2.05, 4.69) is 10.2 Å². The Morgan fingerprint density at radius 3 is 2.19 bits per heavy atom. The monoisotopic (exact) mass is 392 g/mol. The number of benzene rings is 1. The molecule has 1 aromatic carbocycles. The van der Waals surface area contributed by atoms with E-state index in [0.717, 1.165) is 31.4 Å². The maximum atomic E-state index is 13.7. The van der Waals surface area contributed by atoms with Crippen LogP contribution in [0.15, 0.2) is 24.3 Å². The summed E-state index contributed by atoms with van der Waals surface area (Å²) in [7, 11) is 0.741. The zero-order valence-electron chi connectivity index (χ0n) is 14.7. The number of amides is 1. The predicted molar refractivity (Wildman–Crippen MR) is 88.3 cm³/mol. The van der Waals surface area contributed by atoms with E-state index in [9.17, 15) is 32.9 Å². The van der Waals surface area contributed by atoms with Crippen LogP contribution in [0.2, 0.25) is 0 Å². The molecular formula is C15H19F3N4O5. The molecule has 12 heteroatoms. The first kappa shape index (κ1) is 22.2. The lowest BCUT2D eigenvalue weighted by molar-refractivity contribution is -0.384. The summed E-state index contributed by atoms with van der Waals surface area (Å²) in [5, 5.41) is 12.2. The molecule has 0 aliphatic carbocycles. The van der Waals surface area contributed by atoms with Crippen LogP contribution in [0, 0.1) is 16.0 Å². The molecule has 1 aromatic rings. The molecule has 0 fully saturated rings. The number of esters is 1. The van der Waals surface area contributed by atoms with Crippen molar-refractivity contribution in [1.29, 1.82) is 0 Å². The topological polar surface area (TPSA) is 123 Å². The van der Waals surface area contributed by atoms with E-state index in [-0.39, 0.29) is 23.7 Å². The van der Waals surface area contributed by atoms with Crippen molar-refractivity contribution in [2.24, 2.45) is 5.92 Å². The smallest absolute Gasteiger partial charge is 0.438 e. The number of alkyl halides is 3. The molecule has 150 valence electrons. The summed E-state index contributed by atoms with van der Waals surface area (Å²) >= 11 is 0. The molecule has 1 unspecified atom stereocenters. The number of nitrogens with one attached hydrogen (secondary N) is 3. The van der Waals surface area contributed by atoms with Crippen molar-refractivity contribution in [3.8, 4) is 0 Å². The maximum Gasteiger partial charge on any atom is 0.438 e. The van der Waals surface area contributed by atoms with Gasteiger partial charge in [-0.05, 0) is 18.1 Å². The number of methoxy groups -OCH3 is 1. The Morgan fingerprint density at radius 2 is 1.78 bits per heavy atom. The number of hydrazine groups is 1. The number of halogens is 3. The number of nitro benzene ring substituents is 1. The van der Waals surface area contributed by atoms with Crippen molar-refractivity contribution in [2.75, 3.05) is 12.5 Å². The SMILES string of the molecule is COC(=O)C(NNc1ccc([N+](=O)[O-])cc1)(NC(=O)CC(C)C)C(F)(F)F. The molecule has 1 amide bonds. The number of hydrogen-bond acceptors (Lipinski definition) is 7. The normalized spacial score (nSPS) is 13.6. The number of nitrogens with zero attached hydrogens (tertiary/aromatic N) is 1. The van der Waals surface area contributed by atoms with Crippen LogP contribution in [-0.2, 0) is 14.3 Å². The Balaban J connectivity index is 3.13. The van der Waals surface area contributed by atoms with Gasteiger partial charge >= 0.3 is 17.8 Å². The first-order chi connectivity index (χ1) is 12.4. The molecule has 0 aliphatic heterocycles. The van der Waals surface area contributed by atoms with Crippen molar-refractivity contribution < 1.29 is 32.4 Å². The lowest BCUT2D eigenvalue weighted by atomic mass is 10.1. The van der Waals surface area contributed by atoms with Crippen LogP contribution in [0.1, 0.15) is 20.3 Å². The highest BCUT2D eigenvalue weighted by Crippen LogP contribution is 2.30. The molecule has 0 aliphatic rings. The Kier molecular flexibility index (Phi) is 7.11. The average Bonchev–Trinajstić information content (AvgIpc) is 2.56. The molecule has 27 heavy (non-hydrogen) atoms. The van der Waals surface area contributed by atoms with Crippen LogP contribution in [0.5, 0.6) is 0 Å². The van der Waals surface area contributed by atoms with E-state index in [1.807, 2.05) is 0 Å². The van der Waals surface area contributed by atoms with Gasteiger partial charge in [0.15, 0.2) is 0 Å². The van der Waals surface area contributed by atoms with Gasteiger partial charge in [0.25, 0.3) is 5.69 Å². The molecule has 0 saturated heterocycles. The largest absolute Gasteiger partial charge is 0.466 e. The van der Waals surface area contributed by atoms with Gasteiger partial charge in [-0.15, -0.1) is 0 Å². The van der Waals surface area contributed by atoms with E-state index < -0.39 is 28.6 Å². The van der Waals surface area contributed by atoms with Gasteiger partial charge in [-0.25, -0.2) is 4.79 Å². The highest BCUT2D eigenvalue weighted by molar-refractivity contribution is 5.88. The molecule has 9 nitrogen and oxygen atoms in total. The lowest BCUT2D eigenvalue weighted by Gasteiger charge is -2.34. The summed E-state index contributed by atoms with van der Waals surface area (Å²) in [6.45, 7) is 3.24. The van der Waals surface area contributed by atoms with Gasteiger partial charge in [0.05, 0.1) is 12.0 Å². The molecule has 1 atom stereocenters. The third kappa shape index (κ3) is 5.54. The van der Waals surface area contributed by atoms with Crippen LogP contribution >= 0.6 is 0 Å². The molecule has 0 aromatic heterocycles. The van der Waals surface area contributed by atoms with Gasteiger partial charge in [-0.1, -0.05) is 13.8 Å². The second-order valence-electron chi connectivity index (χ2n) is 5.94. The fourth-order valence-corrected chi connectivity index (χ4v) is 2.01. The van der Waals surface area contributed by atoms with E-state index in [0.29, 0.717) is 0 Å². The number of ether oxygens (including phenoxy) is 1. The van der Waals surface area contributed by atoms with Gasteiger partial charge < -0.3 is 15.5 Å². The Labute approximate surface area is 152 Å². The summed E-state index contributed by atoms with van der Waals surface area (Å²) in [5.41, 5.74) is 0.0113. The van der Waals surface area contributed by atoms with Gasteiger partial charge in [0.2, 0.25) is 5.91 Å². The van der Waals surface area contributed by atoms with Crippen molar-refractivity contribution in [3.05, 3.63) is 34.4 Å². The lowest BCUT2D eigenvalue weighted by Crippen LogP contribution is -2.73. The third-order valence-corrected chi connectivity index (χ3v) is 3.31. The molecule has 0 heterocycles. The van der Waals surface area contributed by atoms with Gasteiger partial charge in [-0.3, -0.25) is 14.9 Å². The average molecular weight is 392 g/mol. The zero-order chi connectivity index (χ0) is 20.8. The maximum absolute atomic E-state index is 13.7. The fraction of sp³-hybridized carbons (Fsp3) is 0.467. The quantitative estimate of drug-likeness (QED) is 0.268. The number of anilines is 1. The third-order valence-electron chi connectivity index (χ3n) is 3.31. The highest BCUT2D eigenvalue weighted by Gasteiger charge is 2.63. The van der Waals surface area contributed by atoms with Crippen LogP contribution in [0.25, 0.3) is 0 Å². The first-order valence-electron chi connectivity index (χ1n) is 7.66. The van der Waals surface area contributed by atoms with E-state index in [4.69, 9.17) is 0 Å².